The Morgan fingerprint density at radius 1 is 1.00 bits per heavy atom. The molecule has 0 fully saturated rings. The van der Waals surface area contributed by atoms with Crippen LogP contribution in [0, 0.1) is 0 Å². The number of nitrogens with one attached hydrogen (secondary N) is 2. The second kappa shape index (κ2) is 9.79. The summed E-state index contributed by atoms with van der Waals surface area (Å²) in [7, 11) is 0. The van der Waals surface area contributed by atoms with Crippen molar-refractivity contribution in [3.8, 4) is 17.1 Å². The van der Waals surface area contributed by atoms with E-state index in [2.05, 4.69) is 20.4 Å². The van der Waals surface area contributed by atoms with Gasteiger partial charge in [0, 0.05) is 36.7 Å². The van der Waals surface area contributed by atoms with Gasteiger partial charge in [-0.2, -0.15) is 0 Å². The maximum absolute atomic E-state index is 12.2. The molecule has 0 atom stereocenters. The number of carbonyl (C=O) groups excluding carboxylic acids is 2. The average molecular weight is 432 g/mol. The fraction of sp³-hybridized carbons (Fsp3) is 0.190. The zero-order chi connectivity index (χ0) is 22.3. The molecule has 2 amide bonds. The van der Waals surface area contributed by atoms with Gasteiger partial charge in [0.1, 0.15) is 11.6 Å². The summed E-state index contributed by atoms with van der Waals surface area (Å²) < 4.78 is 42.2. The normalized spacial score (nSPS) is 11.1. The first-order valence-corrected chi connectivity index (χ1v) is 9.33. The molecular formula is C21H19F3N4O3. The van der Waals surface area contributed by atoms with Gasteiger partial charge in [-0.3, -0.25) is 9.59 Å². The molecule has 0 saturated heterocycles. The number of aromatic nitrogens is 2. The Bertz CT molecular complexity index is 1020. The summed E-state index contributed by atoms with van der Waals surface area (Å²) >= 11 is 0. The average Bonchev–Trinajstić information content (AvgIpc) is 3.20. The molecule has 0 spiro atoms. The van der Waals surface area contributed by atoms with Crippen molar-refractivity contribution >= 4 is 17.5 Å². The monoisotopic (exact) mass is 432 g/mol. The van der Waals surface area contributed by atoms with Gasteiger partial charge in [-0.25, -0.2) is 4.98 Å². The predicted octanol–water partition coefficient (Wildman–Crippen LogP) is 3.59. The minimum absolute atomic E-state index is 0.167. The van der Waals surface area contributed by atoms with Crippen LogP contribution in [0.4, 0.5) is 18.9 Å². The van der Waals surface area contributed by atoms with E-state index in [0.29, 0.717) is 13.0 Å². The molecule has 0 bridgehead atoms. The Hall–Kier alpha value is -3.82. The number of benzene rings is 2. The highest BCUT2D eigenvalue weighted by Crippen LogP contribution is 2.24. The van der Waals surface area contributed by atoms with Gasteiger partial charge in [-0.15, -0.1) is 13.2 Å². The molecule has 1 aromatic heterocycles. The number of alkyl halides is 3. The van der Waals surface area contributed by atoms with Crippen molar-refractivity contribution in [2.45, 2.75) is 19.3 Å². The molecule has 7 nitrogen and oxygen atoms in total. The highest BCUT2D eigenvalue weighted by molar-refractivity contribution is 6.39. The second-order valence-electron chi connectivity index (χ2n) is 6.45. The van der Waals surface area contributed by atoms with Crippen LogP contribution in [0.5, 0.6) is 5.75 Å². The standard InChI is InChI=1S/C21H19F3N4O3/c22-21(23,24)31-17-9-7-16(8-10-17)27-20(30)19(29)26-11-4-13-28-14-12-25-18(28)15-5-2-1-3-6-15/h1-3,5-10,12,14H,4,11,13H2,(H,26,29)(H,27,30). The van der Waals surface area contributed by atoms with Gasteiger partial charge in [-0.05, 0) is 30.7 Å². The Morgan fingerprint density at radius 3 is 2.39 bits per heavy atom. The van der Waals surface area contributed by atoms with E-state index in [1.165, 1.54) is 12.1 Å². The number of aryl methyl sites for hydroxylation is 1. The molecule has 0 unspecified atom stereocenters. The van der Waals surface area contributed by atoms with Gasteiger partial charge in [0.2, 0.25) is 0 Å². The highest BCUT2D eigenvalue weighted by atomic mass is 19.4. The summed E-state index contributed by atoms with van der Waals surface area (Å²) in [6.07, 6.45) is -0.704. The minimum atomic E-state index is -4.80. The van der Waals surface area contributed by atoms with Gasteiger partial charge >= 0.3 is 18.2 Å². The molecule has 162 valence electrons. The summed E-state index contributed by atoms with van der Waals surface area (Å²) in [4.78, 5) is 28.2. The summed E-state index contributed by atoms with van der Waals surface area (Å²) in [5.41, 5.74) is 1.14. The number of halogens is 3. The first-order chi connectivity index (χ1) is 14.8. The lowest BCUT2D eigenvalue weighted by molar-refractivity contribution is -0.274. The molecule has 2 N–H and O–H groups in total. The number of hydrogen-bond donors (Lipinski definition) is 2. The highest BCUT2D eigenvalue weighted by Gasteiger charge is 2.31. The molecule has 2 aromatic carbocycles. The molecule has 0 aliphatic rings. The summed E-state index contributed by atoms with van der Waals surface area (Å²) in [5, 5.41) is 4.82. The van der Waals surface area contributed by atoms with E-state index < -0.39 is 23.9 Å². The Labute approximate surface area is 175 Å². The Morgan fingerprint density at radius 2 is 1.71 bits per heavy atom. The molecule has 3 rings (SSSR count). The maximum Gasteiger partial charge on any atom is 0.573 e. The predicted molar refractivity (Wildman–Crippen MR) is 107 cm³/mol. The van der Waals surface area contributed by atoms with Crippen LogP contribution in [-0.4, -0.2) is 34.3 Å². The molecule has 10 heteroatoms. The fourth-order valence-corrected chi connectivity index (χ4v) is 2.80. The van der Waals surface area contributed by atoms with Crippen LogP contribution < -0.4 is 15.4 Å². The second-order valence-corrected chi connectivity index (χ2v) is 6.45. The van der Waals surface area contributed by atoms with Crippen LogP contribution in [0.2, 0.25) is 0 Å². The molecule has 0 aliphatic carbocycles. The molecule has 0 aliphatic heterocycles. The van der Waals surface area contributed by atoms with E-state index in [1.54, 1.807) is 6.20 Å². The van der Waals surface area contributed by atoms with E-state index in [1.807, 2.05) is 41.1 Å². The first-order valence-electron chi connectivity index (χ1n) is 9.33. The van der Waals surface area contributed by atoms with Gasteiger partial charge in [-0.1, -0.05) is 30.3 Å². The van der Waals surface area contributed by atoms with Crippen LogP contribution in [0.3, 0.4) is 0 Å². The van der Waals surface area contributed by atoms with Crippen LogP contribution in [0.15, 0.2) is 67.0 Å². The zero-order valence-electron chi connectivity index (χ0n) is 16.2. The third-order valence-corrected chi connectivity index (χ3v) is 4.16. The lowest BCUT2D eigenvalue weighted by atomic mass is 10.2. The van der Waals surface area contributed by atoms with Gasteiger partial charge in [0.25, 0.3) is 0 Å². The van der Waals surface area contributed by atoms with Crippen LogP contribution in [0.1, 0.15) is 6.42 Å². The van der Waals surface area contributed by atoms with Gasteiger partial charge in [0.05, 0.1) is 0 Å². The van der Waals surface area contributed by atoms with Gasteiger partial charge < -0.3 is 19.9 Å². The van der Waals surface area contributed by atoms with E-state index in [0.717, 1.165) is 23.5 Å². The van der Waals surface area contributed by atoms with Crippen molar-refractivity contribution in [1.82, 2.24) is 14.9 Å². The van der Waals surface area contributed by atoms with Crippen molar-refractivity contribution in [2.75, 3.05) is 11.9 Å². The molecule has 3 aromatic rings. The number of amides is 2. The SMILES string of the molecule is O=C(NCCCn1ccnc1-c1ccccc1)C(=O)Nc1ccc(OC(F)(F)F)cc1. The van der Waals surface area contributed by atoms with Gasteiger partial charge in [0.15, 0.2) is 0 Å². The van der Waals surface area contributed by atoms with Crippen LogP contribution in [-0.2, 0) is 16.1 Å². The zero-order valence-corrected chi connectivity index (χ0v) is 16.2. The number of nitrogens with zero attached hydrogens (tertiary/aromatic N) is 2. The number of ether oxygens (including phenoxy) is 1. The van der Waals surface area contributed by atoms with E-state index in [-0.39, 0.29) is 12.2 Å². The quantitative estimate of drug-likeness (QED) is 0.441. The van der Waals surface area contributed by atoms with Crippen LogP contribution in [0.25, 0.3) is 11.4 Å². The van der Waals surface area contributed by atoms with Crippen molar-refractivity contribution in [2.24, 2.45) is 0 Å². The molecule has 31 heavy (non-hydrogen) atoms. The van der Waals surface area contributed by atoms with E-state index in [4.69, 9.17) is 0 Å². The van der Waals surface area contributed by atoms with Crippen molar-refractivity contribution in [3.05, 3.63) is 67.0 Å². The van der Waals surface area contributed by atoms with Crippen molar-refractivity contribution in [1.29, 1.82) is 0 Å². The molecular weight excluding hydrogens is 413 g/mol. The van der Waals surface area contributed by atoms with Crippen LogP contribution >= 0.6 is 0 Å². The minimum Gasteiger partial charge on any atom is -0.406 e. The smallest absolute Gasteiger partial charge is 0.406 e. The number of hydrogen-bond acceptors (Lipinski definition) is 4. The third kappa shape index (κ3) is 6.59. The molecule has 0 saturated carbocycles. The fourth-order valence-electron chi connectivity index (χ4n) is 2.80. The van der Waals surface area contributed by atoms with Crippen molar-refractivity contribution < 1.29 is 27.5 Å². The Kier molecular flexibility index (Phi) is 6.91. The number of carbonyl (C=O) groups is 2. The summed E-state index contributed by atoms with van der Waals surface area (Å²) in [6, 6.07) is 14.1. The third-order valence-electron chi connectivity index (χ3n) is 4.16. The lowest BCUT2D eigenvalue weighted by Gasteiger charge is -2.10. The van der Waals surface area contributed by atoms with E-state index >= 15 is 0 Å². The number of anilines is 1. The Balaban J connectivity index is 1.43. The number of rotatable bonds is 7. The molecule has 0 radical (unpaired) electrons. The maximum atomic E-state index is 12.2. The summed E-state index contributed by atoms with van der Waals surface area (Å²) in [6.45, 7) is 0.851. The first kappa shape index (κ1) is 21.9. The number of imidazole rings is 1. The van der Waals surface area contributed by atoms with E-state index in [9.17, 15) is 22.8 Å². The van der Waals surface area contributed by atoms with Crippen molar-refractivity contribution in [3.63, 3.8) is 0 Å². The molecule has 1 heterocycles. The largest absolute Gasteiger partial charge is 0.573 e. The summed E-state index contributed by atoms with van der Waals surface area (Å²) in [5.74, 6) is -1.38. The lowest BCUT2D eigenvalue weighted by Crippen LogP contribution is -2.36. The topological polar surface area (TPSA) is 85.2 Å².